The summed E-state index contributed by atoms with van der Waals surface area (Å²) in [5.74, 6) is 0.279. The summed E-state index contributed by atoms with van der Waals surface area (Å²) in [5, 5.41) is 0. The smallest absolute Gasteiger partial charge is 0.417 e. The Kier molecular flexibility index (Phi) is 3.11. The van der Waals surface area contributed by atoms with Gasteiger partial charge in [0.25, 0.3) is 0 Å². The van der Waals surface area contributed by atoms with Crippen LogP contribution in [0.3, 0.4) is 0 Å². The van der Waals surface area contributed by atoms with Crippen molar-refractivity contribution >= 4 is 11.6 Å². The van der Waals surface area contributed by atoms with Gasteiger partial charge in [0.05, 0.1) is 17.6 Å². The SMILES string of the molecule is FC(F)(F)c1ccccc1-c1cnc(CCl)o1. The van der Waals surface area contributed by atoms with E-state index in [1.807, 2.05) is 0 Å². The molecular formula is C11H7ClF3NO. The zero-order valence-electron chi connectivity index (χ0n) is 8.46. The van der Waals surface area contributed by atoms with Gasteiger partial charge in [0, 0.05) is 5.56 Å². The van der Waals surface area contributed by atoms with Gasteiger partial charge in [0.1, 0.15) is 0 Å². The van der Waals surface area contributed by atoms with Crippen LogP contribution in [0.1, 0.15) is 11.5 Å². The summed E-state index contributed by atoms with van der Waals surface area (Å²) in [6, 6.07) is 5.16. The summed E-state index contributed by atoms with van der Waals surface area (Å²) in [6.07, 6.45) is -3.19. The highest BCUT2D eigenvalue weighted by Crippen LogP contribution is 2.37. The number of nitrogens with zero attached hydrogens (tertiary/aromatic N) is 1. The normalized spacial score (nSPS) is 11.8. The zero-order valence-corrected chi connectivity index (χ0v) is 9.22. The van der Waals surface area contributed by atoms with Gasteiger partial charge in [-0.15, -0.1) is 11.6 Å². The molecule has 0 N–H and O–H groups in total. The summed E-state index contributed by atoms with van der Waals surface area (Å²) in [6.45, 7) is 0. The fraction of sp³-hybridized carbons (Fsp3) is 0.182. The van der Waals surface area contributed by atoms with Crippen LogP contribution >= 0.6 is 11.6 Å². The van der Waals surface area contributed by atoms with Gasteiger partial charge >= 0.3 is 6.18 Å². The predicted molar refractivity (Wildman–Crippen MR) is 56.5 cm³/mol. The number of alkyl halides is 4. The third-order valence-corrected chi connectivity index (χ3v) is 2.39. The van der Waals surface area contributed by atoms with E-state index in [1.54, 1.807) is 0 Å². The summed E-state index contributed by atoms with van der Waals surface area (Å²) in [7, 11) is 0. The summed E-state index contributed by atoms with van der Waals surface area (Å²) >= 11 is 5.48. The van der Waals surface area contributed by atoms with Crippen LogP contribution in [0, 0.1) is 0 Å². The summed E-state index contributed by atoms with van der Waals surface area (Å²) < 4.78 is 43.3. The fourth-order valence-corrected chi connectivity index (χ4v) is 1.57. The molecule has 0 atom stereocenters. The first-order valence-corrected chi connectivity index (χ1v) is 5.23. The minimum atomic E-state index is -4.43. The van der Waals surface area contributed by atoms with Crippen LogP contribution in [0.4, 0.5) is 13.2 Å². The van der Waals surface area contributed by atoms with E-state index in [9.17, 15) is 13.2 Å². The molecule has 0 amide bonds. The van der Waals surface area contributed by atoms with E-state index < -0.39 is 11.7 Å². The van der Waals surface area contributed by atoms with E-state index in [4.69, 9.17) is 16.0 Å². The maximum Gasteiger partial charge on any atom is 0.417 e. The van der Waals surface area contributed by atoms with Crippen molar-refractivity contribution in [2.75, 3.05) is 0 Å². The lowest BCUT2D eigenvalue weighted by Crippen LogP contribution is -2.06. The minimum absolute atomic E-state index is 0.0220. The zero-order chi connectivity index (χ0) is 12.5. The lowest BCUT2D eigenvalue weighted by atomic mass is 10.1. The van der Waals surface area contributed by atoms with E-state index in [1.165, 1.54) is 24.4 Å². The van der Waals surface area contributed by atoms with Crippen molar-refractivity contribution in [3.05, 3.63) is 41.9 Å². The van der Waals surface area contributed by atoms with Crippen molar-refractivity contribution in [2.24, 2.45) is 0 Å². The molecule has 0 aliphatic heterocycles. The van der Waals surface area contributed by atoms with E-state index in [2.05, 4.69) is 4.98 Å². The number of hydrogen-bond acceptors (Lipinski definition) is 2. The molecule has 90 valence electrons. The Morgan fingerprint density at radius 3 is 2.53 bits per heavy atom. The van der Waals surface area contributed by atoms with Crippen molar-refractivity contribution in [1.82, 2.24) is 4.98 Å². The minimum Gasteiger partial charge on any atom is -0.439 e. The molecule has 0 fully saturated rings. The Labute approximate surface area is 100 Å². The van der Waals surface area contributed by atoms with Gasteiger partial charge in [-0.25, -0.2) is 4.98 Å². The summed E-state index contributed by atoms with van der Waals surface area (Å²) in [5.41, 5.74) is -0.791. The molecule has 0 saturated carbocycles. The predicted octanol–water partition coefficient (Wildman–Crippen LogP) is 4.10. The molecule has 0 aliphatic carbocycles. The average Bonchev–Trinajstić information content (AvgIpc) is 2.76. The lowest BCUT2D eigenvalue weighted by Gasteiger charge is -2.10. The van der Waals surface area contributed by atoms with Crippen molar-refractivity contribution in [2.45, 2.75) is 12.1 Å². The molecule has 1 aromatic carbocycles. The highest BCUT2D eigenvalue weighted by atomic mass is 35.5. The number of aromatic nitrogens is 1. The molecule has 0 saturated heterocycles. The molecule has 0 radical (unpaired) electrons. The average molecular weight is 262 g/mol. The van der Waals surface area contributed by atoms with E-state index in [-0.39, 0.29) is 23.1 Å². The molecule has 0 unspecified atom stereocenters. The Morgan fingerprint density at radius 1 is 1.24 bits per heavy atom. The maximum atomic E-state index is 12.7. The Hall–Kier alpha value is -1.49. The molecule has 1 aromatic heterocycles. The van der Waals surface area contributed by atoms with Crippen LogP contribution in [-0.2, 0) is 12.1 Å². The third kappa shape index (κ3) is 2.44. The van der Waals surface area contributed by atoms with Gasteiger partial charge < -0.3 is 4.42 Å². The molecule has 2 rings (SSSR count). The van der Waals surface area contributed by atoms with E-state index in [0.29, 0.717) is 0 Å². The first-order chi connectivity index (χ1) is 8.02. The highest BCUT2D eigenvalue weighted by molar-refractivity contribution is 6.16. The Bertz CT molecular complexity index is 521. The third-order valence-electron chi connectivity index (χ3n) is 2.17. The summed E-state index contributed by atoms with van der Waals surface area (Å²) in [4.78, 5) is 3.77. The van der Waals surface area contributed by atoms with Crippen LogP contribution in [-0.4, -0.2) is 4.98 Å². The second-order valence-electron chi connectivity index (χ2n) is 3.30. The van der Waals surface area contributed by atoms with Gasteiger partial charge in [0.15, 0.2) is 5.76 Å². The monoisotopic (exact) mass is 261 g/mol. The number of rotatable bonds is 2. The Balaban J connectivity index is 2.52. The van der Waals surface area contributed by atoms with Crippen LogP contribution < -0.4 is 0 Å². The van der Waals surface area contributed by atoms with Crippen molar-refractivity contribution < 1.29 is 17.6 Å². The lowest BCUT2D eigenvalue weighted by molar-refractivity contribution is -0.137. The van der Waals surface area contributed by atoms with Gasteiger partial charge in [-0.1, -0.05) is 18.2 Å². The van der Waals surface area contributed by atoms with Crippen LogP contribution in [0.5, 0.6) is 0 Å². The second kappa shape index (κ2) is 4.41. The molecule has 6 heteroatoms. The largest absolute Gasteiger partial charge is 0.439 e. The van der Waals surface area contributed by atoms with Gasteiger partial charge in [-0.2, -0.15) is 13.2 Å². The Morgan fingerprint density at radius 2 is 1.94 bits per heavy atom. The van der Waals surface area contributed by atoms with Crippen LogP contribution in [0.2, 0.25) is 0 Å². The molecular weight excluding hydrogens is 255 g/mol. The van der Waals surface area contributed by atoms with E-state index >= 15 is 0 Å². The first kappa shape index (κ1) is 12.0. The molecule has 2 nitrogen and oxygen atoms in total. The first-order valence-electron chi connectivity index (χ1n) is 4.69. The van der Waals surface area contributed by atoms with Gasteiger partial charge in [-0.3, -0.25) is 0 Å². The van der Waals surface area contributed by atoms with Crippen molar-refractivity contribution in [3.63, 3.8) is 0 Å². The molecule has 17 heavy (non-hydrogen) atoms. The van der Waals surface area contributed by atoms with Gasteiger partial charge in [0.2, 0.25) is 5.89 Å². The molecule has 2 aromatic rings. The number of hydrogen-bond donors (Lipinski definition) is 0. The fourth-order valence-electron chi connectivity index (χ4n) is 1.44. The van der Waals surface area contributed by atoms with Crippen molar-refractivity contribution in [3.8, 4) is 11.3 Å². The quantitative estimate of drug-likeness (QED) is 0.761. The highest BCUT2D eigenvalue weighted by Gasteiger charge is 2.34. The van der Waals surface area contributed by atoms with E-state index in [0.717, 1.165) is 6.07 Å². The van der Waals surface area contributed by atoms with Crippen molar-refractivity contribution in [1.29, 1.82) is 0 Å². The molecule has 0 bridgehead atoms. The van der Waals surface area contributed by atoms with Gasteiger partial charge in [-0.05, 0) is 6.07 Å². The maximum absolute atomic E-state index is 12.7. The number of halogens is 4. The standard InChI is InChI=1S/C11H7ClF3NO/c12-5-10-16-6-9(17-10)7-3-1-2-4-8(7)11(13,14)15/h1-4,6H,5H2. The van der Waals surface area contributed by atoms with Crippen LogP contribution in [0.25, 0.3) is 11.3 Å². The second-order valence-corrected chi connectivity index (χ2v) is 3.56. The topological polar surface area (TPSA) is 26.0 Å². The van der Waals surface area contributed by atoms with Crippen LogP contribution in [0.15, 0.2) is 34.9 Å². The number of benzene rings is 1. The molecule has 1 heterocycles. The molecule has 0 spiro atoms. The number of oxazole rings is 1. The molecule has 0 aliphatic rings.